The monoisotopic (exact) mass is 334 g/mol. The number of rotatable bonds is 11. The van der Waals surface area contributed by atoms with Crippen molar-refractivity contribution in [3.8, 4) is 5.75 Å². The third-order valence-electron chi connectivity index (χ3n) is 3.88. The molecule has 0 saturated carbocycles. The predicted molar refractivity (Wildman–Crippen MR) is 97.3 cm³/mol. The summed E-state index contributed by atoms with van der Waals surface area (Å²) in [6, 6.07) is 7.43. The van der Waals surface area contributed by atoms with Crippen LogP contribution in [0.15, 0.2) is 29.4 Å². The van der Waals surface area contributed by atoms with E-state index in [1.807, 2.05) is 45.0 Å². The smallest absolute Gasteiger partial charge is 0.271 e. The van der Waals surface area contributed by atoms with Crippen LogP contribution in [-0.2, 0) is 4.79 Å². The zero-order valence-corrected chi connectivity index (χ0v) is 15.0. The molecule has 0 aliphatic heterocycles. The molecule has 0 atom stereocenters. The van der Waals surface area contributed by atoms with Gasteiger partial charge in [0.25, 0.3) is 5.91 Å². The van der Waals surface area contributed by atoms with E-state index < -0.39 is 11.5 Å². The first-order chi connectivity index (χ1) is 11.6. The van der Waals surface area contributed by atoms with Crippen molar-refractivity contribution < 1.29 is 14.6 Å². The van der Waals surface area contributed by atoms with E-state index in [4.69, 9.17) is 4.74 Å². The van der Waals surface area contributed by atoms with Crippen molar-refractivity contribution in [1.82, 2.24) is 5.43 Å². The van der Waals surface area contributed by atoms with Gasteiger partial charge in [-0.05, 0) is 49.6 Å². The van der Waals surface area contributed by atoms with Gasteiger partial charge in [0, 0.05) is 0 Å². The van der Waals surface area contributed by atoms with Crippen LogP contribution in [0.5, 0.6) is 5.75 Å². The fourth-order valence-corrected chi connectivity index (χ4v) is 2.38. The number of carbonyl (C=O) groups excluding carboxylic acids is 1. The second-order valence-electron chi connectivity index (χ2n) is 5.94. The molecule has 134 valence electrons. The average Bonchev–Trinajstić information content (AvgIpc) is 2.59. The van der Waals surface area contributed by atoms with E-state index in [1.54, 1.807) is 6.21 Å². The number of hydrogen-bond acceptors (Lipinski definition) is 4. The molecule has 0 spiro atoms. The van der Waals surface area contributed by atoms with Gasteiger partial charge >= 0.3 is 0 Å². The first-order valence-corrected chi connectivity index (χ1v) is 8.84. The van der Waals surface area contributed by atoms with E-state index in [0.29, 0.717) is 19.4 Å². The molecule has 1 rings (SSSR count). The van der Waals surface area contributed by atoms with Crippen molar-refractivity contribution in [3.63, 3.8) is 0 Å². The minimum Gasteiger partial charge on any atom is -0.494 e. The Labute approximate surface area is 145 Å². The second kappa shape index (κ2) is 10.8. The molecule has 1 aromatic rings. The SMILES string of the molecule is CCCCC(O)(CCCC)C(=O)N/N=C\c1ccc(OCC)cc1. The van der Waals surface area contributed by atoms with Crippen LogP contribution in [0.2, 0.25) is 0 Å². The Kier molecular flexibility index (Phi) is 9.08. The minimum absolute atomic E-state index is 0.424. The highest BCUT2D eigenvalue weighted by atomic mass is 16.5. The molecule has 0 aromatic heterocycles. The molecule has 1 amide bonds. The molecule has 0 fully saturated rings. The van der Waals surface area contributed by atoms with Crippen molar-refractivity contribution in [1.29, 1.82) is 0 Å². The van der Waals surface area contributed by atoms with Gasteiger partial charge in [-0.3, -0.25) is 4.79 Å². The number of nitrogens with one attached hydrogen (secondary N) is 1. The minimum atomic E-state index is -1.33. The van der Waals surface area contributed by atoms with E-state index in [-0.39, 0.29) is 0 Å². The molecule has 0 unspecified atom stereocenters. The number of unbranched alkanes of at least 4 members (excludes halogenated alkanes) is 2. The maximum atomic E-state index is 12.3. The molecule has 2 N–H and O–H groups in total. The molecular formula is C19H30N2O3. The maximum Gasteiger partial charge on any atom is 0.271 e. The van der Waals surface area contributed by atoms with Gasteiger partial charge in [-0.2, -0.15) is 5.10 Å². The summed E-state index contributed by atoms with van der Waals surface area (Å²) in [5, 5.41) is 14.6. The summed E-state index contributed by atoms with van der Waals surface area (Å²) in [5.74, 6) is 0.374. The van der Waals surface area contributed by atoms with E-state index in [0.717, 1.165) is 37.0 Å². The van der Waals surface area contributed by atoms with Crippen LogP contribution in [0.25, 0.3) is 0 Å². The third kappa shape index (κ3) is 6.71. The molecule has 0 radical (unpaired) electrons. The van der Waals surface area contributed by atoms with Gasteiger partial charge in [0.15, 0.2) is 0 Å². The van der Waals surface area contributed by atoms with E-state index >= 15 is 0 Å². The van der Waals surface area contributed by atoms with Crippen LogP contribution in [0.4, 0.5) is 0 Å². The largest absolute Gasteiger partial charge is 0.494 e. The number of ether oxygens (including phenoxy) is 1. The number of hydrazone groups is 1. The number of nitrogens with zero attached hydrogens (tertiary/aromatic N) is 1. The summed E-state index contributed by atoms with van der Waals surface area (Å²) >= 11 is 0. The Morgan fingerprint density at radius 1 is 1.17 bits per heavy atom. The van der Waals surface area contributed by atoms with Gasteiger partial charge in [-0.15, -0.1) is 0 Å². The molecule has 0 aliphatic carbocycles. The number of hydrogen-bond donors (Lipinski definition) is 2. The van der Waals surface area contributed by atoms with Gasteiger partial charge in [0.2, 0.25) is 0 Å². The van der Waals surface area contributed by atoms with E-state index in [1.165, 1.54) is 0 Å². The zero-order valence-electron chi connectivity index (χ0n) is 15.0. The zero-order chi connectivity index (χ0) is 17.8. The van der Waals surface area contributed by atoms with Gasteiger partial charge in [-0.1, -0.05) is 39.5 Å². The Bertz CT molecular complexity index is 504. The second-order valence-corrected chi connectivity index (χ2v) is 5.94. The summed E-state index contributed by atoms with van der Waals surface area (Å²) in [7, 11) is 0. The highest BCUT2D eigenvalue weighted by molar-refractivity contribution is 5.87. The summed E-state index contributed by atoms with van der Waals surface area (Å²) in [5.41, 5.74) is 2.00. The summed E-state index contributed by atoms with van der Waals surface area (Å²) in [6.45, 7) is 6.64. The van der Waals surface area contributed by atoms with Crippen LogP contribution < -0.4 is 10.2 Å². The standard InChI is InChI=1S/C19H30N2O3/c1-4-7-13-19(23,14-8-5-2)18(22)21-20-15-16-9-11-17(12-10-16)24-6-3/h9-12,15,23H,4-8,13-14H2,1-3H3,(H,21,22)/b20-15-. The van der Waals surface area contributed by atoms with Crippen LogP contribution >= 0.6 is 0 Å². The Morgan fingerprint density at radius 2 is 1.75 bits per heavy atom. The van der Waals surface area contributed by atoms with Gasteiger partial charge in [0.05, 0.1) is 12.8 Å². The molecule has 0 heterocycles. The number of benzene rings is 1. The number of amides is 1. The Hall–Kier alpha value is -1.88. The highest BCUT2D eigenvalue weighted by Crippen LogP contribution is 2.22. The van der Waals surface area contributed by atoms with Crippen molar-refractivity contribution in [2.45, 2.75) is 64.9 Å². The maximum absolute atomic E-state index is 12.3. The lowest BCUT2D eigenvalue weighted by Crippen LogP contribution is -2.45. The third-order valence-corrected chi connectivity index (χ3v) is 3.88. The highest BCUT2D eigenvalue weighted by Gasteiger charge is 2.34. The molecule has 5 nitrogen and oxygen atoms in total. The molecule has 0 aliphatic rings. The fourth-order valence-electron chi connectivity index (χ4n) is 2.38. The van der Waals surface area contributed by atoms with Crippen molar-refractivity contribution in [2.75, 3.05) is 6.61 Å². The van der Waals surface area contributed by atoms with E-state index in [2.05, 4.69) is 10.5 Å². The number of carbonyl (C=O) groups is 1. The van der Waals surface area contributed by atoms with Gasteiger partial charge < -0.3 is 9.84 Å². The molecular weight excluding hydrogens is 304 g/mol. The van der Waals surface area contributed by atoms with Crippen molar-refractivity contribution >= 4 is 12.1 Å². The quantitative estimate of drug-likeness (QED) is 0.479. The van der Waals surface area contributed by atoms with Crippen LogP contribution in [0.1, 0.15) is 64.9 Å². The summed E-state index contributed by atoms with van der Waals surface area (Å²) in [6.07, 6.45) is 6.01. The first-order valence-electron chi connectivity index (χ1n) is 8.84. The molecule has 24 heavy (non-hydrogen) atoms. The normalized spacial score (nSPS) is 11.7. The topological polar surface area (TPSA) is 70.9 Å². The van der Waals surface area contributed by atoms with Crippen LogP contribution in [0.3, 0.4) is 0 Å². The summed E-state index contributed by atoms with van der Waals surface area (Å²) in [4.78, 5) is 12.3. The Morgan fingerprint density at radius 3 is 2.25 bits per heavy atom. The number of aliphatic hydroxyl groups is 1. The van der Waals surface area contributed by atoms with Gasteiger partial charge in [0.1, 0.15) is 11.4 Å². The molecule has 0 bridgehead atoms. The van der Waals surface area contributed by atoms with E-state index in [9.17, 15) is 9.90 Å². The van der Waals surface area contributed by atoms with Crippen LogP contribution in [-0.4, -0.2) is 29.4 Å². The molecule has 1 aromatic carbocycles. The van der Waals surface area contributed by atoms with Crippen LogP contribution in [0, 0.1) is 0 Å². The molecule has 0 saturated heterocycles. The lowest BCUT2D eigenvalue weighted by Gasteiger charge is -2.25. The fraction of sp³-hybridized carbons (Fsp3) is 0.579. The Balaban J connectivity index is 2.62. The lowest BCUT2D eigenvalue weighted by molar-refractivity contribution is -0.141. The summed E-state index contributed by atoms with van der Waals surface area (Å²) < 4.78 is 5.38. The predicted octanol–water partition coefficient (Wildman–Crippen LogP) is 3.65. The van der Waals surface area contributed by atoms with Crippen molar-refractivity contribution in [2.24, 2.45) is 5.10 Å². The lowest BCUT2D eigenvalue weighted by atomic mass is 9.90. The molecule has 5 heteroatoms. The van der Waals surface area contributed by atoms with Crippen molar-refractivity contribution in [3.05, 3.63) is 29.8 Å². The average molecular weight is 334 g/mol. The van der Waals surface area contributed by atoms with Gasteiger partial charge in [-0.25, -0.2) is 5.43 Å². The first kappa shape index (κ1) is 20.2.